The Hall–Kier alpha value is -4.50. The molecule has 1 unspecified atom stereocenters. The van der Waals surface area contributed by atoms with E-state index in [0.717, 1.165) is 49.7 Å². The number of unbranched alkanes of at least 4 members (excludes halogenated alkanes) is 2. The molecule has 1 saturated carbocycles. The molecule has 0 aromatic heterocycles. The van der Waals surface area contributed by atoms with Gasteiger partial charge in [0, 0.05) is 50.1 Å². The normalized spacial score (nSPS) is 26.9. The third-order valence-corrected chi connectivity index (χ3v) is 11.6. The minimum atomic E-state index is -1.42. The molecule has 14 nitrogen and oxygen atoms in total. The van der Waals surface area contributed by atoms with Gasteiger partial charge in [0.25, 0.3) is 5.69 Å². The van der Waals surface area contributed by atoms with Crippen LogP contribution in [0.15, 0.2) is 71.9 Å². The number of nitro benzene ring substituents is 1. The van der Waals surface area contributed by atoms with E-state index in [9.17, 15) is 25.1 Å². The summed E-state index contributed by atoms with van der Waals surface area (Å²) in [5, 5.41) is 36.2. The van der Waals surface area contributed by atoms with Crippen molar-refractivity contribution < 1.29 is 48.5 Å². The predicted molar refractivity (Wildman–Crippen MR) is 212 cm³/mol. The summed E-state index contributed by atoms with van der Waals surface area (Å²) in [6, 6.07) is 10.9. The van der Waals surface area contributed by atoms with Crippen molar-refractivity contribution >= 4 is 17.5 Å². The highest BCUT2D eigenvalue weighted by molar-refractivity contribution is 6.03. The molecule has 1 saturated heterocycles. The van der Waals surface area contributed by atoms with Crippen molar-refractivity contribution in [3.63, 3.8) is 0 Å². The van der Waals surface area contributed by atoms with Crippen LogP contribution in [-0.2, 0) is 19.0 Å². The molecule has 7 atom stereocenters. The largest absolute Gasteiger partial charge is 0.459 e. The van der Waals surface area contributed by atoms with Gasteiger partial charge in [-0.3, -0.25) is 15.0 Å². The average Bonchev–Trinajstić information content (AvgIpc) is 3.23. The van der Waals surface area contributed by atoms with Gasteiger partial charge in [0.1, 0.15) is 23.3 Å². The number of aliphatic hydroxyl groups excluding tert-OH is 2. The molecule has 2 aromatic carbocycles. The van der Waals surface area contributed by atoms with Gasteiger partial charge >= 0.3 is 6.09 Å². The molecule has 2 fully saturated rings. The molecule has 0 radical (unpaired) electrons. The zero-order chi connectivity index (χ0) is 40.4. The van der Waals surface area contributed by atoms with Crippen LogP contribution in [0.3, 0.4) is 0 Å². The fourth-order valence-electron chi connectivity index (χ4n) is 9.16. The lowest BCUT2D eigenvalue weighted by Crippen LogP contribution is -2.70. The first-order chi connectivity index (χ1) is 27.8. The second-order valence-electron chi connectivity index (χ2n) is 15.2. The zero-order valence-electron chi connectivity index (χ0n) is 33.1. The lowest BCUT2D eigenvalue weighted by atomic mass is 9.55. The molecule has 2 N–H and O–H groups in total. The molecule has 0 spiro atoms. The molecule has 2 aliphatic carbocycles. The van der Waals surface area contributed by atoms with Crippen LogP contribution in [-0.4, -0.2) is 90.0 Å². The van der Waals surface area contributed by atoms with Crippen molar-refractivity contribution in [1.29, 1.82) is 0 Å². The number of hydrogen-bond donors (Lipinski definition) is 2. The van der Waals surface area contributed by atoms with E-state index in [-0.39, 0.29) is 49.7 Å². The van der Waals surface area contributed by atoms with Gasteiger partial charge < -0.3 is 38.7 Å². The monoisotopic (exact) mass is 791 g/mol. The molecule has 2 aliphatic heterocycles. The van der Waals surface area contributed by atoms with Gasteiger partial charge in [0.2, 0.25) is 12.1 Å². The highest BCUT2D eigenvalue weighted by Gasteiger charge is 2.65. The molecule has 2 heterocycles. The first-order valence-electron chi connectivity index (χ1n) is 20.4. The number of ether oxygens (including phenoxy) is 5. The van der Waals surface area contributed by atoms with E-state index in [2.05, 4.69) is 12.7 Å². The Morgan fingerprint density at radius 3 is 2.60 bits per heavy atom. The number of rotatable bonds is 19. The topological polar surface area (TPSA) is 172 Å². The number of nitrogens with zero attached hydrogens (tertiary/aromatic N) is 3. The fourth-order valence-corrected chi connectivity index (χ4v) is 9.16. The first kappa shape index (κ1) is 42.1. The summed E-state index contributed by atoms with van der Waals surface area (Å²) in [5.41, 5.74) is 2.35. The number of allylic oxidation sites excluding steroid dienone is 1. The average molecular weight is 792 g/mol. The Bertz CT molecular complexity index is 1760. The van der Waals surface area contributed by atoms with Crippen LogP contribution in [0.5, 0.6) is 17.2 Å². The van der Waals surface area contributed by atoms with Crippen molar-refractivity contribution in [3.8, 4) is 17.2 Å². The predicted octanol–water partition coefficient (Wildman–Crippen LogP) is 8.03. The summed E-state index contributed by atoms with van der Waals surface area (Å²) in [4.78, 5) is 32.8. The number of benzene rings is 2. The van der Waals surface area contributed by atoms with Gasteiger partial charge in [-0.15, -0.1) is 6.58 Å². The van der Waals surface area contributed by atoms with E-state index in [0.29, 0.717) is 61.8 Å². The van der Waals surface area contributed by atoms with Crippen LogP contribution in [0.2, 0.25) is 0 Å². The van der Waals surface area contributed by atoms with Crippen molar-refractivity contribution in [3.05, 3.63) is 82.4 Å². The van der Waals surface area contributed by atoms with E-state index >= 15 is 0 Å². The summed E-state index contributed by atoms with van der Waals surface area (Å²) in [6.45, 7) is 7.21. The van der Waals surface area contributed by atoms with Gasteiger partial charge in [-0.2, -0.15) is 0 Å². The minimum absolute atomic E-state index is 0.00626. The van der Waals surface area contributed by atoms with Gasteiger partial charge in [0.15, 0.2) is 0 Å². The number of oxime groups is 1. The van der Waals surface area contributed by atoms with Gasteiger partial charge in [-0.25, -0.2) is 4.79 Å². The number of aliphatic hydroxyl groups is 2. The number of fused-ring (bicyclic) bond motifs is 2. The van der Waals surface area contributed by atoms with Crippen LogP contribution >= 0.6 is 0 Å². The Balaban J connectivity index is 1.57. The molecule has 57 heavy (non-hydrogen) atoms. The van der Waals surface area contributed by atoms with Gasteiger partial charge in [0.05, 0.1) is 42.9 Å². The lowest BCUT2D eigenvalue weighted by molar-refractivity contribution is -0.384. The van der Waals surface area contributed by atoms with Crippen LogP contribution < -0.4 is 9.47 Å². The number of hydrogen-bond acceptors (Lipinski definition) is 12. The number of carbonyl (C=O) groups excluding carboxylic acids is 1. The van der Waals surface area contributed by atoms with Crippen LogP contribution in [0, 0.1) is 27.9 Å². The maximum absolute atomic E-state index is 13.8. The lowest BCUT2D eigenvalue weighted by Gasteiger charge is -2.59. The summed E-state index contributed by atoms with van der Waals surface area (Å²) >= 11 is 0. The summed E-state index contributed by atoms with van der Waals surface area (Å²) in [6.07, 6.45) is 10.9. The van der Waals surface area contributed by atoms with E-state index < -0.39 is 35.1 Å². The van der Waals surface area contributed by atoms with E-state index in [1.807, 2.05) is 19.1 Å². The van der Waals surface area contributed by atoms with Crippen molar-refractivity contribution in [2.24, 2.45) is 22.9 Å². The third kappa shape index (κ3) is 9.30. The number of carbonyl (C=O) groups is 1. The maximum Gasteiger partial charge on any atom is 0.409 e. The van der Waals surface area contributed by atoms with Crippen LogP contribution in [0.1, 0.15) is 89.0 Å². The minimum Gasteiger partial charge on any atom is -0.459 e. The van der Waals surface area contributed by atoms with Gasteiger partial charge in [-0.05, 0) is 86.6 Å². The summed E-state index contributed by atoms with van der Waals surface area (Å²) in [7, 11) is 1.37. The van der Waals surface area contributed by atoms with Crippen LogP contribution in [0.4, 0.5) is 10.5 Å². The van der Waals surface area contributed by atoms with Crippen molar-refractivity contribution in [1.82, 2.24) is 4.90 Å². The molecular weight excluding hydrogens is 734 g/mol. The molecular formula is C43H57N3O11. The standard InChI is InChI=1S/C43H57N3O11/c1-4-20-45(42(49)52-3)38-28-36(44-57-39-17-8-11-24-53-39)34-25-29(13-6-9-21-47)33(16-7-10-22-48)40-35-27-32(55-31-15-12-14-30(26-31)46(50)51)18-19-37(35)56-43(38,41(34)40)54-23-5-2/h5,12,14-15,18-19,25-27,29,33,38-41,47-48H,2,4,6-11,13,16-17,20-24,28H2,1,3H3/t29-,33+,38-,39?,40+,41+,43+/m0/s1. The summed E-state index contributed by atoms with van der Waals surface area (Å²) in [5.74, 6) is -0.808. The Labute approximate surface area is 334 Å². The van der Waals surface area contributed by atoms with Crippen LogP contribution in [0.25, 0.3) is 0 Å². The Morgan fingerprint density at radius 2 is 1.89 bits per heavy atom. The third-order valence-electron chi connectivity index (χ3n) is 11.6. The van der Waals surface area contributed by atoms with E-state index in [1.54, 1.807) is 29.2 Å². The molecule has 0 bridgehead atoms. The first-order valence-corrected chi connectivity index (χ1v) is 20.4. The van der Waals surface area contributed by atoms with E-state index in [4.69, 9.17) is 33.7 Å². The van der Waals surface area contributed by atoms with Crippen molar-refractivity contribution in [2.45, 2.75) is 102 Å². The fraction of sp³-hybridized carbons (Fsp3) is 0.581. The Morgan fingerprint density at radius 1 is 1.11 bits per heavy atom. The maximum atomic E-state index is 13.8. The SMILES string of the molecule is C=CCO[C@@]12Oc3ccc(Oc4cccc([N+](=O)[O-])c4)cc3[C@H]3[C@H](CCCCO)[C@@H](CCCCO)C=C(C(=NOC4CCCCO4)C[C@@H]1N(CCC)C(=O)OC)[C@H]32. The highest BCUT2D eigenvalue weighted by Crippen LogP contribution is 2.62. The molecule has 2 aromatic rings. The number of non-ortho nitro benzene ring substituents is 1. The molecule has 14 heteroatoms. The highest BCUT2D eigenvalue weighted by atomic mass is 16.8. The smallest absolute Gasteiger partial charge is 0.409 e. The molecule has 310 valence electrons. The van der Waals surface area contributed by atoms with Crippen molar-refractivity contribution in [2.75, 3.05) is 40.1 Å². The number of nitro groups is 1. The number of amides is 1. The second kappa shape index (κ2) is 19.8. The van der Waals surface area contributed by atoms with Gasteiger partial charge in [-0.1, -0.05) is 43.1 Å². The summed E-state index contributed by atoms with van der Waals surface area (Å²) < 4.78 is 31.8. The molecule has 1 amide bonds. The number of methoxy groups -OCH3 is 1. The van der Waals surface area contributed by atoms with E-state index in [1.165, 1.54) is 19.2 Å². The Kier molecular flexibility index (Phi) is 14.6. The second-order valence-corrected chi connectivity index (χ2v) is 15.2. The quantitative estimate of drug-likeness (QED) is 0.0611. The zero-order valence-corrected chi connectivity index (χ0v) is 33.1. The molecule has 4 aliphatic rings. The molecule has 6 rings (SSSR count).